The second-order valence-corrected chi connectivity index (χ2v) is 6.83. The van der Waals surface area contributed by atoms with Crippen LogP contribution in [0.3, 0.4) is 0 Å². The Hall–Kier alpha value is -3.67. The number of rotatable bonds is 8. The highest BCUT2D eigenvalue weighted by Gasteiger charge is 2.28. The second kappa shape index (κ2) is 9.69. The predicted octanol–water partition coefficient (Wildman–Crippen LogP) is 3.50. The van der Waals surface area contributed by atoms with Crippen molar-refractivity contribution in [2.75, 3.05) is 19.7 Å². The van der Waals surface area contributed by atoms with Crippen LogP contribution in [0.5, 0.6) is 0 Å². The number of carbonyl (C=O) groups excluding carboxylic acids is 3. The standard InChI is InChI=1S/C24H23NO5/c1-3-12-25(13-4-2)22(26)16-29-23(27)18-10-11-20-19(14-18)15-21(30-24(20)28)17-8-6-5-7-9-17/h3-11,14,21H,1-2,12-13,15-16H2. The largest absolute Gasteiger partial charge is 0.454 e. The van der Waals surface area contributed by atoms with Gasteiger partial charge in [-0.15, -0.1) is 13.2 Å². The number of cyclic esters (lactones) is 1. The first kappa shape index (κ1) is 21.0. The summed E-state index contributed by atoms with van der Waals surface area (Å²) < 4.78 is 10.7. The number of amides is 1. The van der Waals surface area contributed by atoms with Crippen LogP contribution < -0.4 is 0 Å². The average Bonchev–Trinajstić information content (AvgIpc) is 2.77. The summed E-state index contributed by atoms with van der Waals surface area (Å²) in [6.07, 6.45) is 3.23. The van der Waals surface area contributed by atoms with E-state index in [1.807, 2.05) is 30.3 Å². The van der Waals surface area contributed by atoms with Gasteiger partial charge in [0.15, 0.2) is 6.61 Å². The minimum absolute atomic E-state index is 0.280. The van der Waals surface area contributed by atoms with Gasteiger partial charge in [0.1, 0.15) is 6.10 Å². The molecule has 0 aromatic heterocycles. The Morgan fingerprint density at radius 2 is 1.80 bits per heavy atom. The molecule has 0 spiro atoms. The summed E-state index contributed by atoms with van der Waals surface area (Å²) in [5.74, 6) is -1.39. The van der Waals surface area contributed by atoms with Gasteiger partial charge in [-0.05, 0) is 29.3 Å². The molecule has 0 fully saturated rings. The lowest BCUT2D eigenvalue weighted by molar-refractivity contribution is -0.133. The van der Waals surface area contributed by atoms with Crippen LogP contribution in [-0.4, -0.2) is 42.4 Å². The van der Waals surface area contributed by atoms with Crippen LogP contribution in [0.4, 0.5) is 0 Å². The number of ether oxygens (including phenoxy) is 2. The normalized spacial score (nSPS) is 14.8. The van der Waals surface area contributed by atoms with Crippen LogP contribution in [0.1, 0.15) is 37.9 Å². The van der Waals surface area contributed by atoms with Crippen molar-refractivity contribution in [3.8, 4) is 0 Å². The molecular weight excluding hydrogens is 382 g/mol. The zero-order valence-electron chi connectivity index (χ0n) is 16.6. The Labute approximate surface area is 175 Å². The fraction of sp³-hybridized carbons (Fsp3) is 0.208. The van der Waals surface area contributed by atoms with Crippen LogP contribution in [0.15, 0.2) is 73.8 Å². The molecule has 6 heteroatoms. The zero-order chi connectivity index (χ0) is 21.5. The van der Waals surface area contributed by atoms with Crippen molar-refractivity contribution in [1.29, 1.82) is 0 Å². The summed E-state index contributed by atoms with van der Waals surface area (Å²) in [5, 5.41) is 0. The lowest BCUT2D eigenvalue weighted by atomic mass is 9.93. The van der Waals surface area contributed by atoms with E-state index in [4.69, 9.17) is 9.47 Å². The van der Waals surface area contributed by atoms with Gasteiger partial charge < -0.3 is 14.4 Å². The van der Waals surface area contributed by atoms with Crippen molar-refractivity contribution < 1.29 is 23.9 Å². The summed E-state index contributed by atoms with van der Waals surface area (Å²) in [5.41, 5.74) is 2.31. The molecule has 0 saturated heterocycles. The third-order valence-corrected chi connectivity index (χ3v) is 4.77. The molecule has 0 radical (unpaired) electrons. The first-order chi connectivity index (χ1) is 14.5. The minimum atomic E-state index is -0.626. The highest BCUT2D eigenvalue weighted by Crippen LogP contribution is 2.31. The Morgan fingerprint density at radius 3 is 2.47 bits per heavy atom. The van der Waals surface area contributed by atoms with E-state index in [-0.39, 0.29) is 18.1 Å². The highest BCUT2D eigenvalue weighted by molar-refractivity contribution is 5.96. The van der Waals surface area contributed by atoms with Crippen LogP contribution in [0.2, 0.25) is 0 Å². The first-order valence-electron chi connectivity index (χ1n) is 9.59. The van der Waals surface area contributed by atoms with E-state index < -0.39 is 18.0 Å². The van der Waals surface area contributed by atoms with Crippen LogP contribution >= 0.6 is 0 Å². The molecule has 0 bridgehead atoms. The second-order valence-electron chi connectivity index (χ2n) is 6.83. The lowest BCUT2D eigenvalue weighted by Gasteiger charge is -2.25. The number of benzene rings is 2. The smallest absolute Gasteiger partial charge is 0.339 e. The number of fused-ring (bicyclic) bond motifs is 1. The molecule has 0 aliphatic carbocycles. The maximum atomic E-state index is 12.5. The molecule has 6 nitrogen and oxygen atoms in total. The maximum absolute atomic E-state index is 12.5. The average molecular weight is 405 g/mol. The van der Waals surface area contributed by atoms with Gasteiger partial charge in [0, 0.05) is 19.5 Å². The fourth-order valence-electron chi connectivity index (χ4n) is 3.27. The van der Waals surface area contributed by atoms with E-state index in [0.29, 0.717) is 30.6 Å². The van der Waals surface area contributed by atoms with E-state index in [9.17, 15) is 14.4 Å². The van der Waals surface area contributed by atoms with E-state index in [1.54, 1.807) is 24.3 Å². The van der Waals surface area contributed by atoms with E-state index in [2.05, 4.69) is 13.2 Å². The highest BCUT2D eigenvalue weighted by atomic mass is 16.5. The van der Waals surface area contributed by atoms with Gasteiger partial charge >= 0.3 is 11.9 Å². The number of carbonyl (C=O) groups is 3. The summed E-state index contributed by atoms with van der Waals surface area (Å²) in [4.78, 5) is 38.5. The summed E-state index contributed by atoms with van der Waals surface area (Å²) in [6, 6.07) is 14.1. The molecule has 1 aliphatic heterocycles. The first-order valence-corrected chi connectivity index (χ1v) is 9.59. The van der Waals surface area contributed by atoms with E-state index >= 15 is 0 Å². The maximum Gasteiger partial charge on any atom is 0.339 e. The van der Waals surface area contributed by atoms with Crippen molar-refractivity contribution in [2.45, 2.75) is 12.5 Å². The van der Waals surface area contributed by atoms with Gasteiger partial charge in [0.05, 0.1) is 11.1 Å². The number of nitrogens with zero attached hydrogens (tertiary/aromatic N) is 1. The SMILES string of the molecule is C=CCN(CC=C)C(=O)COC(=O)c1ccc2c(c1)CC(c1ccccc1)OC2=O. The van der Waals surface area contributed by atoms with Crippen molar-refractivity contribution in [1.82, 2.24) is 4.90 Å². The third-order valence-electron chi connectivity index (χ3n) is 4.77. The molecule has 2 aromatic rings. The van der Waals surface area contributed by atoms with Crippen LogP contribution in [-0.2, 0) is 20.7 Å². The predicted molar refractivity (Wildman–Crippen MR) is 112 cm³/mol. The molecule has 3 rings (SSSR count). The molecule has 1 atom stereocenters. The minimum Gasteiger partial charge on any atom is -0.454 e. The molecule has 2 aromatic carbocycles. The Morgan fingerprint density at radius 1 is 1.10 bits per heavy atom. The van der Waals surface area contributed by atoms with E-state index in [1.165, 1.54) is 11.0 Å². The van der Waals surface area contributed by atoms with Crippen molar-refractivity contribution >= 4 is 17.8 Å². The fourth-order valence-corrected chi connectivity index (χ4v) is 3.27. The van der Waals surface area contributed by atoms with Gasteiger partial charge in [0.2, 0.25) is 0 Å². The van der Waals surface area contributed by atoms with Gasteiger partial charge in [-0.2, -0.15) is 0 Å². The number of esters is 2. The molecule has 0 saturated carbocycles. The third kappa shape index (κ3) is 4.84. The Kier molecular flexibility index (Phi) is 6.80. The quantitative estimate of drug-likeness (QED) is 0.497. The molecule has 1 aliphatic rings. The monoisotopic (exact) mass is 405 g/mol. The van der Waals surface area contributed by atoms with Crippen molar-refractivity contribution in [3.63, 3.8) is 0 Å². The Balaban J connectivity index is 1.70. The summed E-state index contributed by atoms with van der Waals surface area (Å²) >= 11 is 0. The van der Waals surface area contributed by atoms with Gasteiger partial charge in [0.25, 0.3) is 5.91 Å². The molecular formula is C24H23NO5. The molecule has 30 heavy (non-hydrogen) atoms. The van der Waals surface area contributed by atoms with Crippen LogP contribution in [0.25, 0.3) is 0 Å². The Bertz CT molecular complexity index is 957. The van der Waals surface area contributed by atoms with Gasteiger partial charge in [-0.3, -0.25) is 4.79 Å². The number of hydrogen-bond donors (Lipinski definition) is 0. The van der Waals surface area contributed by atoms with E-state index in [0.717, 1.165) is 5.56 Å². The topological polar surface area (TPSA) is 72.9 Å². The van der Waals surface area contributed by atoms with Crippen molar-refractivity contribution in [3.05, 3.63) is 96.1 Å². The molecule has 1 heterocycles. The molecule has 1 unspecified atom stereocenters. The summed E-state index contributed by atoms with van der Waals surface area (Å²) in [7, 11) is 0. The molecule has 0 N–H and O–H groups in total. The van der Waals surface area contributed by atoms with Crippen LogP contribution in [0, 0.1) is 0 Å². The number of hydrogen-bond acceptors (Lipinski definition) is 5. The summed E-state index contributed by atoms with van der Waals surface area (Å²) in [6.45, 7) is 7.51. The van der Waals surface area contributed by atoms with Crippen molar-refractivity contribution in [2.24, 2.45) is 0 Å². The van der Waals surface area contributed by atoms with Gasteiger partial charge in [-0.1, -0.05) is 42.5 Å². The zero-order valence-corrected chi connectivity index (χ0v) is 16.6. The van der Waals surface area contributed by atoms with Gasteiger partial charge in [-0.25, -0.2) is 9.59 Å². The lowest BCUT2D eigenvalue weighted by Crippen LogP contribution is -2.35. The molecule has 154 valence electrons. The molecule has 1 amide bonds.